The van der Waals surface area contributed by atoms with Crippen LogP contribution in [-0.2, 0) is 4.79 Å². The van der Waals surface area contributed by atoms with Crippen LogP contribution >= 0.6 is 0 Å². The molecule has 1 aromatic carbocycles. The largest absolute Gasteiger partial charge is 0.497 e. The van der Waals surface area contributed by atoms with E-state index in [4.69, 9.17) is 9.15 Å². The lowest BCUT2D eigenvalue weighted by Crippen LogP contribution is -2.43. The van der Waals surface area contributed by atoms with Crippen LogP contribution in [0.1, 0.15) is 23.2 Å². The van der Waals surface area contributed by atoms with Gasteiger partial charge in [0.15, 0.2) is 0 Å². The van der Waals surface area contributed by atoms with E-state index in [2.05, 4.69) is 10.6 Å². The molecule has 7 nitrogen and oxygen atoms in total. The summed E-state index contributed by atoms with van der Waals surface area (Å²) in [6.45, 7) is 2.50. The van der Waals surface area contributed by atoms with Gasteiger partial charge in [0.2, 0.25) is 11.8 Å². The van der Waals surface area contributed by atoms with Crippen molar-refractivity contribution in [2.45, 2.75) is 12.8 Å². The van der Waals surface area contributed by atoms with Crippen molar-refractivity contribution >= 4 is 17.7 Å². The van der Waals surface area contributed by atoms with Crippen molar-refractivity contribution in [3.8, 4) is 5.75 Å². The number of ether oxygens (including phenoxy) is 1. The Labute approximate surface area is 158 Å². The molecule has 1 saturated heterocycles. The van der Waals surface area contributed by atoms with Crippen LogP contribution in [-0.4, -0.2) is 45.1 Å². The van der Waals surface area contributed by atoms with E-state index in [0.29, 0.717) is 29.7 Å². The molecule has 0 unspecified atom stereocenters. The Balaban J connectivity index is 1.65. The molecule has 0 saturated carbocycles. The van der Waals surface area contributed by atoms with Gasteiger partial charge in [-0.3, -0.25) is 14.5 Å². The molecule has 7 heteroatoms. The molecule has 1 aromatic heterocycles. The maximum atomic E-state index is 12.9. The molecule has 0 atom stereocenters. The molecule has 3 rings (SSSR count). The first kappa shape index (κ1) is 19.0. The second-order valence-electron chi connectivity index (χ2n) is 6.57. The summed E-state index contributed by atoms with van der Waals surface area (Å²) in [5, 5.41) is 6.25. The molecule has 2 heterocycles. The molecule has 0 aliphatic carbocycles. The summed E-state index contributed by atoms with van der Waals surface area (Å²) in [7, 11) is 1.57. The van der Waals surface area contributed by atoms with Crippen molar-refractivity contribution in [2.24, 2.45) is 5.92 Å². The van der Waals surface area contributed by atoms with Gasteiger partial charge < -0.3 is 19.8 Å². The van der Waals surface area contributed by atoms with Gasteiger partial charge in [-0.25, -0.2) is 0 Å². The molecule has 27 heavy (non-hydrogen) atoms. The first-order valence-electron chi connectivity index (χ1n) is 9.14. The number of furan rings is 1. The van der Waals surface area contributed by atoms with Gasteiger partial charge in [0.1, 0.15) is 12.3 Å². The number of rotatable bonds is 7. The Morgan fingerprint density at radius 1 is 1.22 bits per heavy atom. The SMILES string of the molecule is COc1ccc(C(=O)N(CC(=O)NCC2CCNCC2)c2ccco2)cc1. The highest BCUT2D eigenvalue weighted by molar-refractivity contribution is 6.08. The van der Waals surface area contributed by atoms with E-state index in [1.54, 1.807) is 43.5 Å². The summed E-state index contributed by atoms with van der Waals surface area (Å²) in [5.41, 5.74) is 0.457. The molecule has 2 aromatic rings. The van der Waals surface area contributed by atoms with Crippen molar-refractivity contribution in [2.75, 3.05) is 38.2 Å². The zero-order valence-corrected chi connectivity index (χ0v) is 15.4. The van der Waals surface area contributed by atoms with Crippen LogP contribution in [0, 0.1) is 5.92 Å². The predicted octanol–water partition coefficient (Wildman–Crippen LogP) is 2.05. The third-order valence-corrected chi connectivity index (χ3v) is 4.70. The third-order valence-electron chi connectivity index (χ3n) is 4.70. The maximum Gasteiger partial charge on any atom is 0.261 e. The van der Waals surface area contributed by atoms with Crippen molar-refractivity contribution in [3.05, 3.63) is 48.2 Å². The molecule has 0 spiro atoms. The van der Waals surface area contributed by atoms with Gasteiger partial charge in [0.05, 0.1) is 13.4 Å². The van der Waals surface area contributed by atoms with Gasteiger partial charge in [-0.05, 0) is 62.2 Å². The van der Waals surface area contributed by atoms with Crippen LogP contribution in [0.5, 0.6) is 5.75 Å². The van der Waals surface area contributed by atoms with Gasteiger partial charge in [0, 0.05) is 18.2 Å². The Bertz CT molecular complexity index is 737. The number of carbonyl (C=O) groups is 2. The molecule has 1 aliphatic rings. The van der Waals surface area contributed by atoms with Gasteiger partial charge >= 0.3 is 0 Å². The lowest BCUT2D eigenvalue weighted by Gasteiger charge is -2.24. The molecular weight excluding hydrogens is 346 g/mol. The van der Waals surface area contributed by atoms with Crippen LogP contribution in [0.15, 0.2) is 47.1 Å². The second-order valence-corrected chi connectivity index (χ2v) is 6.57. The second kappa shape index (κ2) is 9.23. The van der Waals surface area contributed by atoms with Crippen LogP contribution in [0.4, 0.5) is 5.88 Å². The zero-order chi connectivity index (χ0) is 19.1. The van der Waals surface area contributed by atoms with E-state index in [1.165, 1.54) is 11.2 Å². The fourth-order valence-electron chi connectivity index (χ4n) is 3.11. The van der Waals surface area contributed by atoms with Crippen LogP contribution in [0.3, 0.4) is 0 Å². The average Bonchev–Trinajstić information content (AvgIpc) is 3.25. The molecule has 1 aliphatic heterocycles. The Morgan fingerprint density at radius 2 is 1.96 bits per heavy atom. The third kappa shape index (κ3) is 5.10. The monoisotopic (exact) mass is 371 g/mol. The number of hydrogen-bond acceptors (Lipinski definition) is 5. The number of nitrogens with zero attached hydrogens (tertiary/aromatic N) is 1. The van der Waals surface area contributed by atoms with Crippen LogP contribution < -0.4 is 20.3 Å². The summed E-state index contributed by atoms with van der Waals surface area (Å²) in [5.74, 6) is 0.976. The number of nitrogens with one attached hydrogen (secondary N) is 2. The number of hydrogen-bond donors (Lipinski definition) is 2. The molecule has 144 valence electrons. The maximum absolute atomic E-state index is 12.9. The molecule has 2 amide bonds. The van der Waals surface area contributed by atoms with Crippen LogP contribution in [0.25, 0.3) is 0 Å². The average molecular weight is 371 g/mol. The highest BCUT2D eigenvalue weighted by Crippen LogP contribution is 2.19. The molecule has 0 radical (unpaired) electrons. The molecule has 1 fully saturated rings. The van der Waals surface area contributed by atoms with Gasteiger partial charge in [-0.2, -0.15) is 0 Å². The fourth-order valence-corrected chi connectivity index (χ4v) is 3.11. The number of anilines is 1. The zero-order valence-electron chi connectivity index (χ0n) is 15.4. The Hall–Kier alpha value is -2.80. The summed E-state index contributed by atoms with van der Waals surface area (Å²) in [6, 6.07) is 10.1. The minimum atomic E-state index is -0.301. The minimum absolute atomic E-state index is 0.0939. The van der Waals surface area contributed by atoms with Crippen molar-refractivity contribution in [1.29, 1.82) is 0 Å². The summed E-state index contributed by atoms with van der Waals surface area (Å²) < 4.78 is 10.5. The van der Waals surface area contributed by atoms with Gasteiger partial charge in [0.25, 0.3) is 5.91 Å². The summed E-state index contributed by atoms with van der Waals surface area (Å²) in [4.78, 5) is 26.7. The number of benzene rings is 1. The predicted molar refractivity (Wildman–Crippen MR) is 102 cm³/mol. The number of amides is 2. The summed E-state index contributed by atoms with van der Waals surface area (Å²) in [6.07, 6.45) is 3.58. The smallest absolute Gasteiger partial charge is 0.261 e. The fraction of sp³-hybridized carbons (Fsp3) is 0.400. The van der Waals surface area contributed by atoms with Crippen molar-refractivity contribution in [3.63, 3.8) is 0 Å². The molecule has 2 N–H and O–H groups in total. The highest BCUT2D eigenvalue weighted by Gasteiger charge is 2.23. The Morgan fingerprint density at radius 3 is 2.59 bits per heavy atom. The van der Waals surface area contributed by atoms with Crippen LogP contribution in [0.2, 0.25) is 0 Å². The molecular formula is C20H25N3O4. The van der Waals surface area contributed by atoms with E-state index in [1.807, 2.05) is 0 Å². The van der Waals surface area contributed by atoms with Gasteiger partial charge in [-0.15, -0.1) is 0 Å². The topological polar surface area (TPSA) is 83.8 Å². The lowest BCUT2D eigenvalue weighted by molar-refractivity contribution is -0.120. The van der Waals surface area contributed by atoms with Crippen molar-refractivity contribution in [1.82, 2.24) is 10.6 Å². The van der Waals surface area contributed by atoms with E-state index in [-0.39, 0.29) is 18.4 Å². The highest BCUT2D eigenvalue weighted by atomic mass is 16.5. The van der Waals surface area contributed by atoms with E-state index < -0.39 is 0 Å². The number of methoxy groups -OCH3 is 1. The summed E-state index contributed by atoms with van der Waals surface area (Å²) >= 11 is 0. The molecule has 0 bridgehead atoms. The lowest BCUT2D eigenvalue weighted by atomic mass is 9.98. The quantitative estimate of drug-likeness (QED) is 0.778. The number of carbonyl (C=O) groups excluding carboxylic acids is 2. The standard InChI is InChI=1S/C20H25N3O4/c1-26-17-6-4-16(5-7-17)20(25)23(19-3-2-12-27-19)14-18(24)22-13-15-8-10-21-11-9-15/h2-7,12,15,21H,8-11,13-14H2,1H3,(H,22,24). The van der Waals surface area contributed by atoms with Gasteiger partial charge in [-0.1, -0.05) is 0 Å². The van der Waals surface area contributed by atoms with E-state index in [9.17, 15) is 9.59 Å². The normalized spacial score (nSPS) is 14.6. The van der Waals surface area contributed by atoms with Crippen molar-refractivity contribution < 1.29 is 18.7 Å². The first-order chi connectivity index (χ1) is 13.2. The minimum Gasteiger partial charge on any atom is -0.497 e. The Kier molecular flexibility index (Phi) is 6.49. The number of piperidine rings is 1. The van der Waals surface area contributed by atoms with E-state index in [0.717, 1.165) is 25.9 Å². The van der Waals surface area contributed by atoms with E-state index >= 15 is 0 Å². The first-order valence-corrected chi connectivity index (χ1v) is 9.14.